The van der Waals surface area contributed by atoms with Crippen LogP contribution < -0.4 is 10.2 Å². The first-order valence-electron chi connectivity index (χ1n) is 8.09. The van der Waals surface area contributed by atoms with Crippen molar-refractivity contribution in [2.45, 2.75) is 13.1 Å². The Balaban J connectivity index is 1.79. The van der Waals surface area contributed by atoms with Gasteiger partial charge in [-0.25, -0.2) is 9.97 Å². The van der Waals surface area contributed by atoms with Crippen molar-refractivity contribution in [2.75, 3.05) is 36.4 Å². The van der Waals surface area contributed by atoms with Crippen molar-refractivity contribution < 1.29 is 18.0 Å². The molecule has 26 heavy (non-hydrogen) atoms. The van der Waals surface area contributed by atoms with E-state index in [2.05, 4.69) is 15.3 Å². The number of nitrogens with one attached hydrogen (secondary N) is 1. The number of aromatic nitrogens is 2. The van der Waals surface area contributed by atoms with Crippen molar-refractivity contribution in [3.05, 3.63) is 41.7 Å². The van der Waals surface area contributed by atoms with Crippen LogP contribution in [-0.4, -0.2) is 47.5 Å². The lowest BCUT2D eigenvalue weighted by Crippen LogP contribution is -2.46. The Kier molecular flexibility index (Phi) is 4.97. The normalized spacial score (nSPS) is 15.1. The number of aryl methyl sites for hydroxylation is 1. The number of hydrogen-bond acceptors (Lipinski definition) is 5. The van der Waals surface area contributed by atoms with Crippen LogP contribution in [0.2, 0.25) is 0 Å². The molecule has 1 aliphatic heterocycles. The van der Waals surface area contributed by atoms with E-state index < -0.39 is 11.7 Å². The number of anilines is 3. The molecule has 1 N–H and O–H groups in total. The number of rotatable bonds is 4. The number of carbonyl (C=O) groups excluding carboxylic acids is 1. The lowest BCUT2D eigenvalue weighted by molar-refractivity contribution is -0.137. The van der Waals surface area contributed by atoms with Gasteiger partial charge in [-0.3, -0.25) is 4.79 Å². The van der Waals surface area contributed by atoms with Crippen molar-refractivity contribution >= 4 is 23.7 Å². The molecule has 2 heterocycles. The lowest BCUT2D eigenvalue weighted by atomic mass is 10.2. The molecule has 0 atom stereocenters. The SMILES string of the molecule is Cc1nc(Nc2cccc(C(F)(F)F)c2)cc(N2CCN(C=O)CC2)n1. The number of alkyl halides is 3. The van der Waals surface area contributed by atoms with Crippen molar-refractivity contribution in [1.29, 1.82) is 0 Å². The number of halogens is 3. The molecule has 138 valence electrons. The highest BCUT2D eigenvalue weighted by atomic mass is 19.4. The van der Waals surface area contributed by atoms with Crippen molar-refractivity contribution in [3.8, 4) is 0 Å². The maximum atomic E-state index is 12.8. The fourth-order valence-corrected chi connectivity index (χ4v) is 2.76. The number of piperazine rings is 1. The van der Waals surface area contributed by atoms with Crippen LogP contribution in [0.1, 0.15) is 11.4 Å². The maximum Gasteiger partial charge on any atom is 0.416 e. The number of hydrogen-bond donors (Lipinski definition) is 1. The Labute approximate surface area is 148 Å². The van der Waals surface area contributed by atoms with Gasteiger partial charge >= 0.3 is 6.18 Å². The first-order valence-corrected chi connectivity index (χ1v) is 8.09. The summed E-state index contributed by atoms with van der Waals surface area (Å²) in [5.41, 5.74) is -0.423. The summed E-state index contributed by atoms with van der Waals surface area (Å²) in [6.45, 7) is 4.20. The number of nitrogens with zero attached hydrogens (tertiary/aromatic N) is 4. The van der Waals surface area contributed by atoms with Gasteiger partial charge < -0.3 is 15.1 Å². The van der Waals surface area contributed by atoms with Gasteiger partial charge in [0, 0.05) is 37.9 Å². The smallest absolute Gasteiger partial charge is 0.353 e. The van der Waals surface area contributed by atoms with Crippen LogP contribution in [0.4, 0.5) is 30.5 Å². The summed E-state index contributed by atoms with van der Waals surface area (Å²) in [5.74, 6) is 1.61. The van der Waals surface area contributed by atoms with Crippen LogP contribution in [0.3, 0.4) is 0 Å². The second kappa shape index (κ2) is 7.19. The van der Waals surface area contributed by atoms with E-state index in [4.69, 9.17) is 0 Å². The first-order chi connectivity index (χ1) is 12.3. The van der Waals surface area contributed by atoms with Crippen LogP contribution in [0.5, 0.6) is 0 Å². The minimum absolute atomic E-state index is 0.301. The molecule has 1 amide bonds. The van der Waals surface area contributed by atoms with Crippen molar-refractivity contribution in [2.24, 2.45) is 0 Å². The van der Waals surface area contributed by atoms with Gasteiger partial charge in [0.25, 0.3) is 0 Å². The van der Waals surface area contributed by atoms with Gasteiger partial charge in [0.05, 0.1) is 5.56 Å². The monoisotopic (exact) mass is 365 g/mol. The molecule has 1 fully saturated rings. The zero-order valence-electron chi connectivity index (χ0n) is 14.1. The van der Waals surface area contributed by atoms with E-state index in [1.54, 1.807) is 24.0 Å². The fraction of sp³-hybridized carbons (Fsp3) is 0.353. The van der Waals surface area contributed by atoms with Crippen LogP contribution in [-0.2, 0) is 11.0 Å². The van der Waals surface area contributed by atoms with E-state index in [1.807, 2.05) is 4.90 Å². The number of benzene rings is 1. The predicted molar refractivity (Wildman–Crippen MR) is 91.3 cm³/mol. The average molecular weight is 365 g/mol. The van der Waals surface area contributed by atoms with Gasteiger partial charge in [-0.05, 0) is 25.1 Å². The van der Waals surface area contributed by atoms with Crippen LogP contribution in [0.25, 0.3) is 0 Å². The molecule has 9 heteroatoms. The first kappa shape index (κ1) is 18.0. The fourth-order valence-electron chi connectivity index (χ4n) is 2.76. The van der Waals surface area contributed by atoms with E-state index in [9.17, 15) is 18.0 Å². The van der Waals surface area contributed by atoms with Gasteiger partial charge in [0.1, 0.15) is 17.5 Å². The second-order valence-electron chi connectivity index (χ2n) is 5.99. The third-order valence-electron chi connectivity index (χ3n) is 4.07. The highest BCUT2D eigenvalue weighted by Crippen LogP contribution is 2.31. The standard InChI is InChI=1S/C17H18F3N5O/c1-12-21-15(23-14-4-2-3-13(9-14)17(18,19)20)10-16(22-12)25-7-5-24(11-26)6-8-25/h2-4,9-11H,5-8H2,1H3,(H,21,22,23). The van der Waals surface area contributed by atoms with E-state index in [0.29, 0.717) is 49.3 Å². The summed E-state index contributed by atoms with van der Waals surface area (Å²) in [4.78, 5) is 23.2. The molecule has 1 aliphatic rings. The predicted octanol–water partition coefficient (Wildman–Crippen LogP) is 2.83. The van der Waals surface area contributed by atoms with E-state index >= 15 is 0 Å². The minimum Gasteiger partial charge on any atom is -0.353 e. The van der Waals surface area contributed by atoms with Gasteiger partial charge in [0.15, 0.2) is 0 Å². The molecule has 3 rings (SSSR count). The summed E-state index contributed by atoms with van der Waals surface area (Å²) < 4.78 is 38.5. The molecule has 0 aliphatic carbocycles. The largest absolute Gasteiger partial charge is 0.416 e. The highest BCUT2D eigenvalue weighted by molar-refractivity contribution is 5.61. The van der Waals surface area contributed by atoms with Gasteiger partial charge in [-0.2, -0.15) is 13.2 Å². The summed E-state index contributed by atoms with van der Waals surface area (Å²) in [6, 6.07) is 6.66. The van der Waals surface area contributed by atoms with E-state index in [-0.39, 0.29) is 0 Å². The van der Waals surface area contributed by atoms with Crippen molar-refractivity contribution in [3.63, 3.8) is 0 Å². The van der Waals surface area contributed by atoms with E-state index in [1.165, 1.54) is 6.07 Å². The quantitative estimate of drug-likeness (QED) is 0.845. The summed E-state index contributed by atoms with van der Waals surface area (Å²) in [6.07, 6.45) is -3.58. The summed E-state index contributed by atoms with van der Waals surface area (Å²) in [5, 5.41) is 2.91. The van der Waals surface area contributed by atoms with Gasteiger partial charge in [-0.15, -0.1) is 0 Å². The molecule has 0 bridgehead atoms. The zero-order valence-corrected chi connectivity index (χ0v) is 14.1. The Hall–Kier alpha value is -2.84. The third-order valence-corrected chi connectivity index (χ3v) is 4.07. The average Bonchev–Trinajstić information content (AvgIpc) is 2.61. The molecule has 1 aromatic heterocycles. The van der Waals surface area contributed by atoms with Gasteiger partial charge in [0.2, 0.25) is 6.41 Å². The number of carbonyl (C=O) groups is 1. The Bertz CT molecular complexity index is 788. The van der Waals surface area contributed by atoms with Crippen LogP contribution >= 0.6 is 0 Å². The van der Waals surface area contributed by atoms with E-state index in [0.717, 1.165) is 18.5 Å². The Morgan fingerprint density at radius 1 is 1.12 bits per heavy atom. The molecule has 6 nitrogen and oxygen atoms in total. The molecule has 1 aromatic carbocycles. The highest BCUT2D eigenvalue weighted by Gasteiger charge is 2.30. The molecule has 0 spiro atoms. The lowest BCUT2D eigenvalue weighted by Gasteiger charge is -2.33. The zero-order chi connectivity index (χ0) is 18.7. The molecular weight excluding hydrogens is 347 g/mol. The molecule has 0 radical (unpaired) electrons. The minimum atomic E-state index is -4.40. The number of amides is 1. The topological polar surface area (TPSA) is 61.4 Å². The Morgan fingerprint density at radius 3 is 2.50 bits per heavy atom. The molecule has 0 unspecified atom stereocenters. The van der Waals surface area contributed by atoms with Crippen LogP contribution in [0, 0.1) is 6.92 Å². The molecular formula is C17H18F3N5O. The second-order valence-corrected chi connectivity index (χ2v) is 5.99. The molecule has 2 aromatic rings. The van der Waals surface area contributed by atoms with Crippen LogP contribution in [0.15, 0.2) is 30.3 Å². The Morgan fingerprint density at radius 2 is 1.85 bits per heavy atom. The maximum absolute atomic E-state index is 12.8. The summed E-state index contributed by atoms with van der Waals surface area (Å²) >= 11 is 0. The molecule has 0 saturated carbocycles. The molecule has 1 saturated heterocycles. The van der Waals surface area contributed by atoms with Crippen molar-refractivity contribution in [1.82, 2.24) is 14.9 Å². The van der Waals surface area contributed by atoms with Gasteiger partial charge in [-0.1, -0.05) is 6.07 Å². The third kappa shape index (κ3) is 4.22. The summed E-state index contributed by atoms with van der Waals surface area (Å²) in [7, 11) is 0.